The molecule has 0 aromatic rings. The number of quaternary nitrogens is 1. The number of unbranched alkanes of at least 4 members (excludes halogenated alkanes) is 7. The molecule has 0 N–H and O–H groups in total. The van der Waals surface area contributed by atoms with Crippen molar-refractivity contribution in [3.8, 4) is 0 Å². The lowest BCUT2D eigenvalue weighted by molar-refractivity contribution is -0.925. The molecule has 0 atom stereocenters. The normalized spacial score (nSPS) is 12.0. The molecule has 0 fully saturated rings. The summed E-state index contributed by atoms with van der Waals surface area (Å²) in [6.45, 7) is 12.8. The van der Waals surface area contributed by atoms with Crippen LogP contribution < -0.4 is 0 Å². The fourth-order valence-corrected chi connectivity index (χ4v) is 2.83. The van der Waals surface area contributed by atoms with Gasteiger partial charge in [0.05, 0.1) is 26.2 Å². The lowest BCUT2D eigenvalue weighted by Crippen LogP contribution is -2.50. The molecule has 2 nitrogen and oxygen atoms in total. The second-order valence-electron chi connectivity index (χ2n) is 5.89. The van der Waals surface area contributed by atoms with E-state index in [0.717, 1.165) is 6.61 Å². The molecule has 2 heteroatoms. The lowest BCUT2D eigenvalue weighted by atomic mass is 10.1. The predicted molar refractivity (Wildman–Crippen MR) is 85.6 cm³/mol. The highest BCUT2D eigenvalue weighted by Gasteiger charge is 2.21. The third-order valence-corrected chi connectivity index (χ3v) is 4.60. The highest BCUT2D eigenvalue weighted by molar-refractivity contribution is 4.48. The van der Waals surface area contributed by atoms with Crippen LogP contribution >= 0.6 is 0 Å². The van der Waals surface area contributed by atoms with Gasteiger partial charge in [-0.05, 0) is 26.7 Å². The Bertz CT molecular complexity index is 178. The molecule has 0 radical (unpaired) electrons. The van der Waals surface area contributed by atoms with Gasteiger partial charge in [0.15, 0.2) is 0 Å². The Kier molecular flexibility index (Phi) is 12.9. The van der Waals surface area contributed by atoms with Crippen molar-refractivity contribution in [1.82, 2.24) is 0 Å². The first-order chi connectivity index (χ1) is 9.24. The summed E-state index contributed by atoms with van der Waals surface area (Å²) in [6.07, 6.45) is 11.3. The van der Waals surface area contributed by atoms with E-state index in [1.54, 1.807) is 0 Å². The Morgan fingerprint density at radius 2 is 1.21 bits per heavy atom. The molecule has 0 spiro atoms. The average molecular weight is 272 g/mol. The van der Waals surface area contributed by atoms with Gasteiger partial charge in [-0.1, -0.05) is 45.4 Å². The van der Waals surface area contributed by atoms with E-state index in [-0.39, 0.29) is 0 Å². The monoisotopic (exact) mass is 272 g/mol. The maximum Gasteiger partial charge on any atom is 0.102 e. The van der Waals surface area contributed by atoms with Gasteiger partial charge >= 0.3 is 0 Å². The zero-order valence-corrected chi connectivity index (χ0v) is 14.0. The second-order valence-corrected chi connectivity index (χ2v) is 5.89. The van der Waals surface area contributed by atoms with Gasteiger partial charge in [-0.15, -0.1) is 0 Å². The van der Waals surface area contributed by atoms with Crippen LogP contribution in [-0.4, -0.2) is 44.4 Å². The molecule has 0 saturated carbocycles. The van der Waals surface area contributed by atoms with E-state index in [9.17, 15) is 0 Å². The number of rotatable bonds is 14. The summed E-state index contributed by atoms with van der Waals surface area (Å²) in [4.78, 5) is 0. The molecule has 0 aromatic heterocycles. The van der Waals surface area contributed by atoms with Gasteiger partial charge in [0.1, 0.15) is 6.54 Å². The van der Waals surface area contributed by atoms with E-state index < -0.39 is 0 Å². The molecule has 0 aromatic carbocycles. The molecule has 19 heavy (non-hydrogen) atoms. The molecule has 0 bridgehead atoms. The molecule has 0 rings (SSSR count). The maximum atomic E-state index is 5.27. The average Bonchev–Trinajstić information content (AvgIpc) is 2.45. The smallest absolute Gasteiger partial charge is 0.102 e. The van der Waals surface area contributed by atoms with Crippen LogP contribution in [-0.2, 0) is 4.74 Å². The molecule has 0 unspecified atom stereocenters. The van der Waals surface area contributed by atoms with Gasteiger partial charge in [-0.25, -0.2) is 0 Å². The van der Waals surface area contributed by atoms with Crippen LogP contribution in [0.3, 0.4) is 0 Å². The largest absolute Gasteiger partial charge is 0.379 e. The van der Waals surface area contributed by atoms with E-state index >= 15 is 0 Å². The van der Waals surface area contributed by atoms with E-state index in [4.69, 9.17) is 4.74 Å². The van der Waals surface area contributed by atoms with Crippen molar-refractivity contribution >= 4 is 0 Å². The molecule has 0 amide bonds. The number of hydrogen-bond donors (Lipinski definition) is 0. The van der Waals surface area contributed by atoms with Crippen molar-refractivity contribution in [3.63, 3.8) is 0 Å². The van der Waals surface area contributed by atoms with Crippen molar-refractivity contribution in [2.24, 2.45) is 0 Å². The summed E-state index contributed by atoms with van der Waals surface area (Å²) in [5, 5.41) is 0. The minimum Gasteiger partial charge on any atom is -0.379 e. The van der Waals surface area contributed by atoms with Crippen LogP contribution in [0.1, 0.15) is 72.1 Å². The van der Waals surface area contributed by atoms with Gasteiger partial charge in [-0.2, -0.15) is 0 Å². The minimum absolute atomic E-state index is 0.901. The molecule has 0 aliphatic heterocycles. The highest BCUT2D eigenvalue weighted by atomic mass is 16.5. The van der Waals surface area contributed by atoms with Gasteiger partial charge in [0.25, 0.3) is 0 Å². The number of hydrogen-bond acceptors (Lipinski definition) is 1. The number of likely N-dealkylation sites (N-methyl/N-ethyl adjacent to an activating group) is 1. The Balaban J connectivity index is 3.63. The van der Waals surface area contributed by atoms with E-state index in [2.05, 4.69) is 20.8 Å². The SMILES string of the molecule is CCCCCCCCCC[N+](CC)(CC)CCOC. The number of methoxy groups -OCH3 is 1. The Hall–Kier alpha value is -0.0800. The minimum atomic E-state index is 0.901. The fraction of sp³-hybridized carbons (Fsp3) is 1.00. The first-order valence-corrected chi connectivity index (χ1v) is 8.58. The predicted octanol–water partition coefficient (Wildman–Crippen LogP) is 4.63. The van der Waals surface area contributed by atoms with Crippen molar-refractivity contribution in [2.75, 3.05) is 39.9 Å². The van der Waals surface area contributed by atoms with Crippen molar-refractivity contribution in [1.29, 1.82) is 0 Å². The Labute approximate surface area is 122 Å². The molecule has 116 valence electrons. The molecular formula is C17H38NO+. The summed E-state index contributed by atoms with van der Waals surface area (Å²) in [5.74, 6) is 0. The second kappa shape index (κ2) is 12.9. The third-order valence-electron chi connectivity index (χ3n) is 4.60. The van der Waals surface area contributed by atoms with E-state index in [1.807, 2.05) is 7.11 Å². The van der Waals surface area contributed by atoms with Gasteiger partial charge in [0, 0.05) is 7.11 Å². The van der Waals surface area contributed by atoms with Gasteiger partial charge in [-0.3, -0.25) is 0 Å². The highest BCUT2D eigenvalue weighted by Crippen LogP contribution is 2.12. The molecule has 0 aliphatic rings. The van der Waals surface area contributed by atoms with Crippen molar-refractivity contribution in [3.05, 3.63) is 0 Å². The molecular weight excluding hydrogens is 234 g/mol. The van der Waals surface area contributed by atoms with Gasteiger partial charge < -0.3 is 9.22 Å². The summed E-state index contributed by atoms with van der Waals surface area (Å²) in [5.41, 5.74) is 0. The number of nitrogens with zero attached hydrogens (tertiary/aromatic N) is 1. The maximum absolute atomic E-state index is 5.27. The summed E-state index contributed by atoms with van der Waals surface area (Å²) in [7, 11) is 1.82. The van der Waals surface area contributed by atoms with E-state index in [0.29, 0.717) is 0 Å². The van der Waals surface area contributed by atoms with Crippen LogP contribution in [0.5, 0.6) is 0 Å². The summed E-state index contributed by atoms with van der Waals surface area (Å²) >= 11 is 0. The summed E-state index contributed by atoms with van der Waals surface area (Å²) < 4.78 is 6.51. The molecule has 0 aliphatic carbocycles. The topological polar surface area (TPSA) is 9.23 Å². The van der Waals surface area contributed by atoms with Crippen molar-refractivity contribution in [2.45, 2.75) is 72.1 Å². The quantitative estimate of drug-likeness (QED) is 0.331. The van der Waals surface area contributed by atoms with Gasteiger partial charge in [0.2, 0.25) is 0 Å². The lowest BCUT2D eigenvalue weighted by Gasteiger charge is -2.36. The van der Waals surface area contributed by atoms with Crippen LogP contribution in [0.25, 0.3) is 0 Å². The third kappa shape index (κ3) is 9.45. The number of ether oxygens (including phenoxy) is 1. The fourth-order valence-electron chi connectivity index (χ4n) is 2.83. The van der Waals surface area contributed by atoms with Crippen LogP contribution in [0.2, 0.25) is 0 Å². The van der Waals surface area contributed by atoms with E-state index in [1.165, 1.54) is 82.0 Å². The first kappa shape index (κ1) is 18.9. The molecule has 0 heterocycles. The summed E-state index contributed by atoms with van der Waals surface area (Å²) in [6, 6.07) is 0. The Morgan fingerprint density at radius 1 is 0.684 bits per heavy atom. The van der Waals surface area contributed by atoms with Crippen LogP contribution in [0.15, 0.2) is 0 Å². The van der Waals surface area contributed by atoms with Crippen LogP contribution in [0, 0.1) is 0 Å². The first-order valence-electron chi connectivity index (χ1n) is 8.58. The standard InChI is InChI=1S/C17H38NO/c1-5-8-9-10-11-12-13-14-15-18(6-2,7-3)16-17-19-4/h5-17H2,1-4H3/q+1. The van der Waals surface area contributed by atoms with Crippen LogP contribution in [0.4, 0.5) is 0 Å². The van der Waals surface area contributed by atoms with Crippen molar-refractivity contribution < 1.29 is 9.22 Å². The zero-order chi connectivity index (χ0) is 14.4. The Morgan fingerprint density at radius 3 is 1.68 bits per heavy atom. The zero-order valence-electron chi connectivity index (χ0n) is 14.0. The molecule has 0 saturated heterocycles.